The zero-order chi connectivity index (χ0) is 17.9. The number of amides is 2. The minimum atomic E-state index is -1.26. The minimum Gasteiger partial charge on any atom is -0.466 e. The van der Waals surface area contributed by atoms with Crippen LogP contribution in [0.2, 0.25) is 0 Å². The van der Waals surface area contributed by atoms with E-state index in [4.69, 9.17) is 4.42 Å². The van der Waals surface area contributed by atoms with Gasteiger partial charge in [-0.15, -0.1) is 0 Å². The Morgan fingerprint density at radius 3 is 2.71 bits per heavy atom. The molecule has 7 heteroatoms. The molecule has 0 radical (unpaired) electrons. The van der Waals surface area contributed by atoms with Gasteiger partial charge in [0.05, 0.1) is 24.5 Å². The summed E-state index contributed by atoms with van der Waals surface area (Å²) in [5, 5.41) is 20.4. The van der Waals surface area contributed by atoms with Gasteiger partial charge in [-0.25, -0.2) is 4.79 Å². The Morgan fingerprint density at radius 2 is 2.21 bits per heavy atom. The van der Waals surface area contributed by atoms with E-state index in [0.29, 0.717) is 5.76 Å². The van der Waals surface area contributed by atoms with Crippen LogP contribution in [-0.4, -0.2) is 27.5 Å². The summed E-state index contributed by atoms with van der Waals surface area (Å²) in [4.78, 5) is 12.2. The molecule has 0 fully saturated rings. The second-order valence-electron chi connectivity index (χ2n) is 6.25. The third-order valence-electron chi connectivity index (χ3n) is 4.27. The largest absolute Gasteiger partial charge is 0.466 e. The number of hydrogen-bond donors (Lipinski definition) is 3. The maximum atomic E-state index is 12.2. The molecule has 0 unspecified atom stereocenters. The first-order valence-corrected chi connectivity index (χ1v) is 8.07. The first-order valence-electron chi connectivity index (χ1n) is 8.07. The van der Waals surface area contributed by atoms with Crippen LogP contribution in [-0.2, 0) is 12.6 Å². The molecule has 0 aliphatic heterocycles. The van der Waals surface area contributed by atoms with Crippen molar-refractivity contribution in [1.29, 1.82) is 0 Å². The van der Waals surface area contributed by atoms with Gasteiger partial charge in [0.25, 0.3) is 0 Å². The lowest BCUT2D eigenvalue weighted by atomic mass is 10.0. The standard InChI is InChI=1S/C17H26N4O3/c1-6-13(15-11(2)20-21(5)12(15)3)19-16(22)18-10-17(4,23)14-8-7-9-24-14/h7-9,13,23H,6,10H2,1-5H3,(H2,18,19,22)/t13-,17-/m1/s1. The first kappa shape index (κ1) is 18.1. The van der Waals surface area contributed by atoms with Crippen molar-refractivity contribution in [2.45, 2.75) is 45.8 Å². The average molecular weight is 334 g/mol. The molecule has 132 valence electrons. The van der Waals surface area contributed by atoms with Crippen molar-refractivity contribution in [3.05, 3.63) is 41.1 Å². The van der Waals surface area contributed by atoms with E-state index in [1.807, 2.05) is 32.5 Å². The van der Waals surface area contributed by atoms with Crippen LogP contribution in [0.1, 0.15) is 49.0 Å². The molecule has 0 aliphatic rings. The van der Waals surface area contributed by atoms with Crippen LogP contribution in [0.3, 0.4) is 0 Å². The number of urea groups is 1. The highest BCUT2D eigenvalue weighted by Gasteiger charge is 2.27. The van der Waals surface area contributed by atoms with E-state index in [-0.39, 0.29) is 18.6 Å². The zero-order valence-electron chi connectivity index (χ0n) is 14.9. The molecule has 0 bridgehead atoms. The van der Waals surface area contributed by atoms with Gasteiger partial charge >= 0.3 is 6.03 Å². The van der Waals surface area contributed by atoms with Gasteiger partial charge in [0, 0.05) is 18.3 Å². The van der Waals surface area contributed by atoms with Gasteiger partial charge in [-0.2, -0.15) is 5.10 Å². The number of aryl methyl sites for hydroxylation is 2. The fraction of sp³-hybridized carbons (Fsp3) is 0.529. The van der Waals surface area contributed by atoms with Crippen molar-refractivity contribution in [1.82, 2.24) is 20.4 Å². The van der Waals surface area contributed by atoms with Crippen LogP contribution < -0.4 is 10.6 Å². The van der Waals surface area contributed by atoms with E-state index in [0.717, 1.165) is 23.4 Å². The number of nitrogens with zero attached hydrogens (tertiary/aromatic N) is 2. The number of aliphatic hydroxyl groups is 1. The summed E-state index contributed by atoms with van der Waals surface area (Å²) < 4.78 is 7.02. The Labute approximate surface area is 142 Å². The Balaban J connectivity index is 2.00. The third kappa shape index (κ3) is 3.79. The van der Waals surface area contributed by atoms with Crippen LogP contribution in [0.4, 0.5) is 4.79 Å². The van der Waals surface area contributed by atoms with Crippen molar-refractivity contribution >= 4 is 6.03 Å². The van der Waals surface area contributed by atoms with Gasteiger partial charge < -0.3 is 20.2 Å². The predicted molar refractivity (Wildman–Crippen MR) is 90.5 cm³/mol. The maximum Gasteiger partial charge on any atom is 0.315 e. The van der Waals surface area contributed by atoms with Gasteiger partial charge in [-0.05, 0) is 39.3 Å². The van der Waals surface area contributed by atoms with Gasteiger partial charge in [-0.3, -0.25) is 4.68 Å². The van der Waals surface area contributed by atoms with Crippen LogP contribution in [0.15, 0.2) is 22.8 Å². The zero-order valence-corrected chi connectivity index (χ0v) is 14.9. The van der Waals surface area contributed by atoms with E-state index >= 15 is 0 Å². The summed E-state index contributed by atoms with van der Waals surface area (Å²) >= 11 is 0. The number of furan rings is 1. The fourth-order valence-corrected chi connectivity index (χ4v) is 2.81. The molecule has 2 amide bonds. The molecule has 0 saturated carbocycles. The van der Waals surface area contributed by atoms with Crippen LogP contribution in [0.25, 0.3) is 0 Å². The Hall–Kier alpha value is -2.28. The monoisotopic (exact) mass is 334 g/mol. The van der Waals surface area contributed by atoms with Gasteiger partial charge in [-0.1, -0.05) is 6.92 Å². The smallest absolute Gasteiger partial charge is 0.315 e. The molecular weight excluding hydrogens is 308 g/mol. The third-order valence-corrected chi connectivity index (χ3v) is 4.27. The van der Waals surface area contributed by atoms with Crippen molar-refractivity contribution in [3.8, 4) is 0 Å². The predicted octanol–water partition coefficient (Wildman–Crippen LogP) is 2.29. The summed E-state index contributed by atoms with van der Waals surface area (Å²) in [6, 6.07) is 2.91. The molecule has 7 nitrogen and oxygen atoms in total. The summed E-state index contributed by atoms with van der Waals surface area (Å²) in [6.07, 6.45) is 2.24. The molecule has 0 aromatic carbocycles. The molecule has 3 N–H and O–H groups in total. The molecule has 2 atom stereocenters. The van der Waals surface area contributed by atoms with E-state index in [9.17, 15) is 9.90 Å². The lowest BCUT2D eigenvalue weighted by molar-refractivity contribution is 0.0366. The van der Waals surface area contributed by atoms with Crippen molar-refractivity contribution < 1.29 is 14.3 Å². The van der Waals surface area contributed by atoms with Crippen LogP contribution in [0, 0.1) is 13.8 Å². The van der Waals surface area contributed by atoms with Gasteiger partial charge in [0.1, 0.15) is 11.4 Å². The minimum absolute atomic E-state index is 0.0494. The SMILES string of the molecule is CC[C@@H](NC(=O)NC[C@@](C)(O)c1ccco1)c1c(C)nn(C)c1C. The second kappa shape index (κ2) is 7.09. The van der Waals surface area contributed by atoms with E-state index in [2.05, 4.69) is 15.7 Å². The van der Waals surface area contributed by atoms with Gasteiger partial charge in [0.15, 0.2) is 0 Å². The fourth-order valence-electron chi connectivity index (χ4n) is 2.81. The number of carbonyl (C=O) groups excluding carboxylic acids is 1. The van der Waals surface area contributed by atoms with Gasteiger partial charge in [0.2, 0.25) is 0 Å². The summed E-state index contributed by atoms with van der Waals surface area (Å²) in [5.41, 5.74) is 1.71. The van der Waals surface area contributed by atoms with Crippen molar-refractivity contribution in [3.63, 3.8) is 0 Å². The van der Waals surface area contributed by atoms with E-state index in [1.165, 1.54) is 6.26 Å². The number of nitrogens with one attached hydrogen (secondary N) is 2. The lowest BCUT2D eigenvalue weighted by Gasteiger charge is -2.23. The van der Waals surface area contributed by atoms with Crippen molar-refractivity contribution in [2.24, 2.45) is 7.05 Å². The maximum absolute atomic E-state index is 12.2. The van der Waals surface area contributed by atoms with Crippen LogP contribution >= 0.6 is 0 Å². The summed E-state index contributed by atoms with van der Waals surface area (Å²) in [6.45, 7) is 7.58. The lowest BCUT2D eigenvalue weighted by Crippen LogP contribution is -2.44. The number of aromatic nitrogens is 2. The highest BCUT2D eigenvalue weighted by atomic mass is 16.4. The summed E-state index contributed by atoms with van der Waals surface area (Å²) in [7, 11) is 1.89. The number of hydrogen-bond acceptors (Lipinski definition) is 4. The Bertz CT molecular complexity index is 689. The van der Waals surface area contributed by atoms with Crippen LogP contribution in [0.5, 0.6) is 0 Å². The molecule has 2 aromatic heterocycles. The molecule has 0 spiro atoms. The highest BCUT2D eigenvalue weighted by molar-refractivity contribution is 5.74. The molecule has 24 heavy (non-hydrogen) atoms. The average Bonchev–Trinajstić information content (AvgIpc) is 3.14. The Morgan fingerprint density at radius 1 is 1.50 bits per heavy atom. The molecule has 2 rings (SSSR count). The quantitative estimate of drug-likeness (QED) is 0.756. The Kier molecular flexibility index (Phi) is 5.33. The molecule has 0 aliphatic carbocycles. The summed E-state index contributed by atoms with van der Waals surface area (Å²) in [5.74, 6) is 0.411. The molecule has 2 aromatic rings. The molecular formula is C17H26N4O3. The number of rotatable bonds is 6. The second-order valence-corrected chi connectivity index (χ2v) is 6.25. The normalized spacial score (nSPS) is 14.9. The van der Waals surface area contributed by atoms with E-state index in [1.54, 1.807) is 19.1 Å². The van der Waals surface area contributed by atoms with Crippen molar-refractivity contribution in [2.75, 3.05) is 6.54 Å². The first-order chi connectivity index (χ1) is 11.3. The van der Waals surface area contributed by atoms with E-state index < -0.39 is 5.60 Å². The highest BCUT2D eigenvalue weighted by Crippen LogP contribution is 2.24. The number of carbonyl (C=O) groups is 1. The molecule has 2 heterocycles. The molecule has 0 saturated heterocycles. The topological polar surface area (TPSA) is 92.3 Å².